The van der Waals surface area contributed by atoms with Gasteiger partial charge < -0.3 is 5.32 Å². The van der Waals surface area contributed by atoms with Crippen molar-refractivity contribution in [2.75, 3.05) is 5.32 Å². The molecule has 0 amide bonds. The van der Waals surface area contributed by atoms with Crippen LogP contribution >= 0.6 is 0 Å². The minimum Gasteiger partial charge on any atom is -0.339 e. The summed E-state index contributed by atoms with van der Waals surface area (Å²) in [6.45, 7) is 0. The molecule has 5 nitrogen and oxygen atoms in total. The molecule has 0 spiro atoms. The zero-order chi connectivity index (χ0) is 13.5. The lowest BCUT2D eigenvalue weighted by atomic mass is 9.97. The van der Waals surface area contributed by atoms with Crippen LogP contribution in [0.25, 0.3) is 10.9 Å². The van der Waals surface area contributed by atoms with Gasteiger partial charge in [-0.05, 0) is 43.9 Å². The van der Waals surface area contributed by atoms with Crippen molar-refractivity contribution in [3.05, 3.63) is 35.7 Å². The van der Waals surface area contributed by atoms with Crippen LogP contribution in [0.5, 0.6) is 0 Å². The first-order valence-corrected chi connectivity index (χ1v) is 7.06. The average molecular weight is 267 g/mol. The number of nitrogens with one attached hydrogen (secondary N) is 2. The summed E-state index contributed by atoms with van der Waals surface area (Å²) in [6, 6.07) is 6.28. The Labute approximate surface area is 117 Å². The minimum atomic E-state index is 0.975. The number of anilines is 2. The second-order valence-electron chi connectivity index (χ2n) is 5.40. The maximum atomic E-state index is 4.42. The number of rotatable bonds is 2. The topological polar surface area (TPSA) is 58.5 Å². The molecule has 102 valence electrons. The van der Waals surface area contributed by atoms with Crippen LogP contribution < -0.4 is 5.32 Å². The van der Waals surface area contributed by atoms with Gasteiger partial charge in [0.1, 0.15) is 0 Å². The molecule has 0 atom stereocenters. The lowest BCUT2D eigenvalue weighted by Gasteiger charge is -2.12. The van der Waals surface area contributed by atoms with E-state index in [2.05, 4.69) is 38.8 Å². The lowest BCUT2D eigenvalue weighted by Crippen LogP contribution is -2.02. The number of aromatic amines is 1. The maximum absolute atomic E-state index is 4.42. The fourth-order valence-corrected chi connectivity index (χ4v) is 2.96. The van der Waals surface area contributed by atoms with Gasteiger partial charge in [0.15, 0.2) is 5.82 Å². The molecule has 5 heteroatoms. The van der Waals surface area contributed by atoms with E-state index in [1.165, 1.54) is 24.1 Å². The molecule has 2 N–H and O–H groups in total. The van der Waals surface area contributed by atoms with Gasteiger partial charge in [-0.25, -0.2) is 0 Å². The van der Waals surface area contributed by atoms with Crippen LogP contribution in [-0.4, -0.2) is 20.0 Å². The summed E-state index contributed by atoms with van der Waals surface area (Å²) < 4.78 is 1.88. The molecule has 2 heterocycles. The molecule has 0 saturated heterocycles. The monoisotopic (exact) mass is 267 g/mol. The van der Waals surface area contributed by atoms with E-state index in [1.54, 1.807) is 0 Å². The van der Waals surface area contributed by atoms with Crippen molar-refractivity contribution < 1.29 is 0 Å². The molecule has 3 aromatic rings. The number of aromatic nitrogens is 4. The van der Waals surface area contributed by atoms with Gasteiger partial charge in [-0.15, -0.1) is 0 Å². The van der Waals surface area contributed by atoms with E-state index >= 15 is 0 Å². The van der Waals surface area contributed by atoms with E-state index in [9.17, 15) is 0 Å². The molecule has 0 fully saturated rings. The molecule has 2 aromatic heterocycles. The Morgan fingerprint density at radius 1 is 1.25 bits per heavy atom. The number of fused-ring (bicyclic) bond motifs is 2. The molecular formula is C15H17N5. The Kier molecular flexibility index (Phi) is 2.52. The summed E-state index contributed by atoms with van der Waals surface area (Å²) in [4.78, 5) is 0. The Balaban J connectivity index is 1.68. The maximum Gasteiger partial charge on any atom is 0.155 e. The zero-order valence-electron chi connectivity index (χ0n) is 11.5. The molecule has 1 aromatic carbocycles. The Hall–Kier alpha value is -2.30. The van der Waals surface area contributed by atoms with Gasteiger partial charge in [0, 0.05) is 29.4 Å². The number of hydrogen-bond donors (Lipinski definition) is 2. The normalized spacial score (nSPS) is 14.4. The molecule has 20 heavy (non-hydrogen) atoms. The van der Waals surface area contributed by atoms with E-state index < -0.39 is 0 Å². The minimum absolute atomic E-state index is 0.975. The van der Waals surface area contributed by atoms with Crippen LogP contribution in [0.3, 0.4) is 0 Å². The second-order valence-corrected chi connectivity index (χ2v) is 5.40. The number of H-pyrrole nitrogens is 1. The molecule has 0 bridgehead atoms. The first-order valence-electron chi connectivity index (χ1n) is 7.06. The predicted molar refractivity (Wildman–Crippen MR) is 79.2 cm³/mol. The summed E-state index contributed by atoms with van der Waals surface area (Å²) in [5.74, 6) is 0.975. The van der Waals surface area contributed by atoms with Crippen LogP contribution in [0.15, 0.2) is 24.4 Å². The standard InChI is InChI=1S/C15H17N5/c1-20-14-7-6-11(8-10(14)9-16-20)17-15-12-4-2-3-5-13(12)18-19-15/h6-9H,2-5H2,1H3,(H2,17,18,19). The molecule has 0 aliphatic heterocycles. The fourth-order valence-electron chi connectivity index (χ4n) is 2.96. The highest BCUT2D eigenvalue weighted by molar-refractivity contribution is 5.83. The molecule has 4 rings (SSSR count). The number of hydrogen-bond acceptors (Lipinski definition) is 3. The number of aryl methyl sites for hydroxylation is 2. The summed E-state index contributed by atoms with van der Waals surface area (Å²) in [7, 11) is 1.96. The largest absolute Gasteiger partial charge is 0.339 e. The predicted octanol–water partition coefficient (Wildman–Crippen LogP) is 2.92. The van der Waals surface area contributed by atoms with Crippen LogP contribution in [-0.2, 0) is 19.9 Å². The van der Waals surface area contributed by atoms with Gasteiger partial charge in [-0.3, -0.25) is 9.78 Å². The molecule has 1 aliphatic carbocycles. The summed E-state index contributed by atoms with van der Waals surface area (Å²) in [6.07, 6.45) is 6.63. The quantitative estimate of drug-likeness (QED) is 0.750. The molecule has 0 saturated carbocycles. The average Bonchev–Trinajstić information content (AvgIpc) is 3.04. The SMILES string of the molecule is Cn1ncc2cc(Nc3n[nH]c4c3CCCC4)ccc21. The molecule has 1 aliphatic rings. The Bertz CT molecular complexity index is 768. The van der Waals surface area contributed by atoms with Crippen molar-refractivity contribution in [1.29, 1.82) is 0 Å². The van der Waals surface area contributed by atoms with Crippen molar-refractivity contribution in [1.82, 2.24) is 20.0 Å². The van der Waals surface area contributed by atoms with Gasteiger partial charge in [0.25, 0.3) is 0 Å². The van der Waals surface area contributed by atoms with Crippen molar-refractivity contribution in [2.45, 2.75) is 25.7 Å². The first-order chi connectivity index (χ1) is 9.81. The highest BCUT2D eigenvalue weighted by atomic mass is 15.2. The van der Waals surface area contributed by atoms with Crippen LogP contribution in [0.1, 0.15) is 24.1 Å². The van der Waals surface area contributed by atoms with E-state index in [0.717, 1.165) is 35.2 Å². The third-order valence-electron chi connectivity index (χ3n) is 4.07. The van der Waals surface area contributed by atoms with E-state index in [0.29, 0.717) is 0 Å². The van der Waals surface area contributed by atoms with Gasteiger partial charge in [-0.1, -0.05) is 0 Å². The summed E-state index contributed by atoms with van der Waals surface area (Å²) in [5, 5.41) is 16.4. The van der Waals surface area contributed by atoms with Crippen molar-refractivity contribution in [3.8, 4) is 0 Å². The van der Waals surface area contributed by atoms with E-state index in [1.807, 2.05) is 17.9 Å². The van der Waals surface area contributed by atoms with Gasteiger partial charge in [0.2, 0.25) is 0 Å². The smallest absolute Gasteiger partial charge is 0.155 e. The van der Waals surface area contributed by atoms with Crippen LogP contribution in [0, 0.1) is 0 Å². The first kappa shape index (κ1) is 11.5. The van der Waals surface area contributed by atoms with Crippen LogP contribution in [0.2, 0.25) is 0 Å². The highest BCUT2D eigenvalue weighted by Crippen LogP contribution is 2.28. The summed E-state index contributed by atoms with van der Waals surface area (Å²) >= 11 is 0. The highest BCUT2D eigenvalue weighted by Gasteiger charge is 2.16. The Morgan fingerprint density at radius 2 is 2.15 bits per heavy atom. The van der Waals surface area contributed by atoms with Crippen molar-refractivity contribution in [2.24, 2.45) is 7.05 Å². The summed E-state index contributed by atoms with van der Waals surface area (Å²) in [5.41, 5.74) is 4.84. The third kappa shape index (κ3) is 1.78. The van der Waals surface area contributed by atoms with E-state index in [-0.39, 0.29) is 0 Å². The lowest BCUT2D eigenvalue weighted by molar-refractivity contribution is 0.675. The Morgan fingerprint density at radius 3 is 3.10 bits per heavy atom. The van der Waals surface area contributed by atoms with Crippen LogP contribution in [0.4, 0.5) is 11.5 Å². The third-order valence-corrected chi connectivity index (χ3v) is 4.07. The van der Waals surface area contributed by atoms with Gasteiger partial charge >= 0.3 is 0 Å². The van der Waals surface area contributed by atoms with Gasteiger partial charge in [-0.2, -0.15) is 10.2 Å². The number of benzene rings is 1. The number of nitrogens with zero attached hydrogens (tertiary/aromatic N) is 3. The molecular weight excluding hydrogens is 250 g/mol. The fraction of sp³-hybridized carbons (Fsp3) is 0.333. The van der Waals surface area contributed by atoms with Gasteiger partial charge in [0.05, 0.1) is 11.7 Å². The molecule has 0 radical (unpaired) electrons. The zero-order valence-corrected chi connectivity index (χ0v) is 11.5. The molecule has 0 unspecified atom stereocenters. The van der Waals surface area contributed by atoms with Crippen molar-refractivity contribution >= 4 is 22.4 Å². The second kappa shape index (κ2) is 4.37. The van der Waals surface area contributed by atoms with Crippen molar-refractivity contribution in [3.63, 3.8) is 0 Å². The van der Waals surface area contributed by atoms with E-state index in [4.69, 9.17) is 0 Å².